The summed E-state index contributed by atoms with van der Waals surface area (Å²) in [5, 5.41) is 8.64. The average molecular weight is 979 g/mol. The molecular formula is C64H32B2N2O6S. The van der Waals surface area contributed by atoms with Gasteiger partial charge in [-0.1, -0.05) is 109 Å². The fourth-order valence-electron chi connectivity index (χ4n) is 13.3. The number of fused-ring (bicyclic) bond motifs is 21. The van der Waals surface area contributed by atoms with E-state index in [9.17, 15) is 0 Å². The topological polar surface area (TPSA) is 77.5 Å². The fraction of sp³-hybridized carbons (Fsp3) is 0. The van der Waals surface area contributed by atoms with Gasteiger partial charge >= 0.3 is 13.4 Å². The predicted octanol–water partition coefficient (Wildman–Crippen LogP) is 14.2. The lowest BCUT2D eigenvalue weighted by Gasteiger charge is -2.37. The molecule has 9 heterocycles. The molecule has 8 nitrogen and oxygen atoms in total. The minimum absolute atomic E-state index is 0.262. The van der Waals surface area contributed by atoms with Crippen LogP contribution in [0.5, 0.6) is 23.0 Å². The third-order valence-corrected chi connectivity index (χ3v) is 17.5. The van der Waals surface area contributed by atoms with E-state index < -0.39 is 0 Å². The van der Waals surface area contributed by atoms with Crippen LogP contribution in [0.25, 0.3) is 86.0 Å². The first-order chi connectivity index (χ1) is 37.2. The molecular weight excluding hydrogens is 946 g/mol. The first-order valence-corrected chi connectivity index (χ1v) is 26.1. The van der Waals surface area contributed by atoms with E-state index in [1.807, 2.05) is 36.4 Å². The van der Waals surface area contributed by atoms with Crippen molar-refractivity contribution in [2.75, 3.05) is 9.80 Å². The normalized spacial score (nSPS) is 14.0. The Hall–Kier alpha value is -9.57. The second-order valence-electron chi connectivity index (χ2n) is 20.1. The maximum Gasteiger partial charge on any atom is 0.301 e. The number of furan rings is 4. The summed E-state index contributed by atoms with van der Waals surface area (Å²) in [5.74, 6) is 3.25. The van der Waals surface area contributed by atoms with Crippen molar-refractivity contribution in [3.05, 3.63) is 194 Å². The van der Waals surface area contributed by atoms with Gasteiger partial charge in [-0.2, -0.15) is 0 Å². The lowest BCUT2D eigenvalue weighted by atomic mass is 9.36. The number of para-hydroxylation sites is 6. The van der Waals surface area contributed by atoms with Crippen molar-refractivity contribution in [1.29, 1.82) is 0 Å². The highest BCUT2D eigenvalue weighted by Gasteiger charge is 2.48. The van der Waals surface area contributed by atoms with Crippen LogP contribution in [0.15, 0.2) is 212 Å². The predicted molar refractivity (Wildman–Crippen MR) is 305 cm³/mol. The van der Waals surface area contributed by atoms with E-state index in [0.29, 0.717) is 0 Å². The standard InChI is InChI=1S/C64H32B2N2O6S/c1-5-23-47-33(13-1)35-17-9-21-45(61(35)71-47)67-43-19-11-27-51-57(43)65(63-59(67)37-15-3-7-25-49(37)73-63)41-29-39-40-30-42-54(32-56(40)75-55(39)31-53(41)69-51)70-52-28-12-20-44-58(52)66(42)64-60(38-16-4-8-26-50(38)74-64)68(44)46-22-10-18-36-34-14-2-6-24-48(34)72-62(36)46/h1-32H. The van der Waals surface area contributed by atoms with E-state index in [4.69, 9.17) is 27.1 Å². The Morgan fingerprint density at radius 1 is 0.320 bits per heavy atom. The van der Waals surface area contributed by atoms with Gasteiger partial charge in [0.05, 0.1) is 34.1 Å². The molecule has 0 aliphatic carbocycles. The number of ether oxygens (including phenoxy) is 2. The SMILES string of the molecule is c1cc2c3c(c1)N(c1cccc4c1oc1ccccc14)c1c(oc4ccccc14)B3c1cc3c(cc1O2)sc1cc2c(cc13)B1c3oc4ccccc4c3N(c3cccc4c3oc3ccccc34)c3cccc(c31)O2. The first-order valence-electron chi connectivity index (χ1n) is 25.3. The molecule has 15 aromatic rings. The van der Waals surface area contributed by atoms with Crippen molar-refractivity contribution in [2.24, 2.45) is 0 Å². The van der Waals surface area contributed by atoms with Gasteiger partial charge in [0, 0.05) is 74.8 Å². The summed E-state index contributed by atoms with van der Waals surface area (Å²) in [6.07, 6.45) is 0. The molecule has 0 saturated heterocycles. The zero-order valence-corrected chi connectivity index (χ0v) is 40.2. The van der Waals surface area contributed by atoms with Crippen LogP contribution < -0.4 is 52.4 Å². The lowest BCUT2D eigenvalue weighted by Crippen LogP contribution is -2.59. The molecule has 0 fully saturated rings. The van der Waals surface area contributed by atoms with Crippen molar-refractivity contribution in [3.8, 4) is 23.0 Å². The summed E-state index contributed by atoms with van der Waals surface area (Å²) in [5.41, 5.74) is 16.9. The molecule has 0 spiro atoms. The summed E-state index contributed by atoms with van der Waals surface area (Å²) in [4.78, 5) is 4.67. The molecule has 10 aromatic carbocycles. The molecule has 11 heteroatoms. The number of anilines is 6. The molecule has 0 radical (unpaired) electrons. The molecule has 5 aromatic heterocycles. The Morgan fingerprint density at radius 3 is 1.17 bits per heavy atom. The largest absolute Gasteiger partial charge is 0.468 e. The minimum atomic E-state index is -0.262. The summed E-state index contributed by atoms with van der Waals surface area (Å²) in [6, 6.07) is 68.1. The first kappa shape index (κ1) is 39.0. The van der Waals surface area contributed by atoms with Crippen LogP contribution in [0, 0.1) is 0 Å². The molecule has 346 valence electrons. The van der Waals surface area contributed by atoms with Crippen LogP contribution in [-0.2, 0) is 0 Å². The molecule has 19 rings (SSSR count). The van der Waals surface area contributed by atoms with Crippen LogP contribution in [-0.4, -0.2) is 13.4 Å². The Bertz CT molecular complexity index is 4780. The molecule has 0 amide bonds. The Balaban J connectivity index is 0.823. The van der Waals surface area contributed by atoms with Crippen molar-refractivity contribution < 1.29 is 27.1 Å². The number of hydrogen-bond acceptors (Lipinski definition) is 9. The number of hydrogen-bond donors (Lipinski definition) is 0. The van der Waals surface area contributed by atoms with Crippen molar-refractivity contribution in [1.82, 2.24) is 0 Å². The molecule has 4 aliphatic rings. The van der Waals surface area contributed by atoms with Gasteiger partial charge in [0.25, 0.3) is 0 Å². The van der Waals surface area contributed by atoms with Crippen LogP contribution in [0.4, 0.5) is 34.1 Å². The van der Waals surface area contributed by atoms with Crippen molar-refractivity contribution >= 4 is 178 Å². The van der Waals surface area contributed by atoms with Gasteiger partial charge in [0.2, 0.25) is 0 Å². The fourth-order valence-corrected chi connectivity index (χ4v) is 14.4. The monoisotopic (exact) mass is 978 g/mol. The summed E-state index contributed by atoms with van der Waals surface area (Å²) < 4.78 is 44.1. The molecule has 0 saturated carbocycles. The van der Waals surface area contributed by atoms with E-state index >= 15 is 0 Å². The highest BCUT2D eigenvalue weighted by Crippen LogP contribution is 2.51. The maximum atomic E-state index is 7.13. The van der Waals surface area contributed by atoms with Crippen LogP contribution >= 0.6 is 11.3 Å². The average Bonchev–Trinajstić information content (AvgIpc) is 4.30. The molecule has 0 unspecified atom stereocenters. The number of rotatable bonds is 2. The maximum absolute atomic E-state index is 7.13. The summed E-state index contributed by atoms with van der Waals surface area (Å²) in [6.45, 7) is -0.524. The van der Waals surface area contributed by atoms with Gasteiger partial charge in [0.15, 0.2) is 11.2 Å². The Kier molecular flexibility index (Phi) is 7.14. The number of benzene rings is 10. The highest BCUT2D eigenvalue weighted by atomic mass is 32.1. The van der Waals surface area contributed by atoms with Gasteiger partial charge in [-0.15, -0.1) is 11.3 Å². The van der Waals surface area contributed by atoms with Crippen LogP contribution in [0.3, 0.4) is 0 Å². The van der Waals surface area contributed by atoms with E-state index in [1.165, 1.54) is 0 Å². The second kappa shape index (κ2) is 13.7. The zero-order valence-electron chi connectivity index (χ0n) is 39.4. The smallest absolute Gasteiger partial charge is 0.301 e. The molecule has 0 bridgehead atoms. The third-order valence-electron chi connectivity index (χ3n) is 16.4. The molecule has 75 heavy (non-hydrogen) atoms. The Morgan fingerprint density at radius 2 is 0.707 bits per heavy atom. The molecule has 0 N–H and O–H groups in total. The molecule has 4 aliphatic heterocycles. The summed E-state index contributed by atoms with van der Waals surface area (Å²) >= 11 is 1.76. The zero-order chi connectivity index (χ0) is 48.4. The second-order valence-corrected chi connectivity index (χ2v) is 21.2. The van der Waals surface area contributed by atoms with Gasteiger partial charge in [-0.25, -0.2) is 0 Å². The highest BCUT2D eigenvalue weighted by molar-refractivity contribution is 7.26. The van der Waals surface area contributed by atoms with Gasteiger partial charge < -0.3 is 36.9 Å². The van der Waals surface area contributed by atoms with E-state index in [1.54, 1.807) is 11.3 Å². The van der Waals surface area contributed by atoms with Crippen molar-refractivity contribution in [3.63, 3.8) is 0 Å². The Labute approximate surface area is 429 Å². The van der Waals surface area contributed by atoms with Crippen LogP contribution in [0.2, 0.25) is 0 Å². The minimum Gasteiger partial charge on any atom is -0.468 e. The summed E-state index contributed by atoms with van der Waals surface area (Å²) in [7, 11) is 0. The van der Waals surface area contributed by atoms with Gasteiger partial charge in [-0.05, 0) is 95.9 Å². The van der Waals surface area contributed by atoms with E-state index in [2.05, 4.69) is 168 Å². The molecule has 0 atom stereocenters. The van der Waals surface area contributed by atoms with Crippen LogP contribution in [0.1, 0.15) is 0 Å². The number of thiophene rings is 1. The number of nitrogens with zero attached hydrogens (tertiary/aromatic N) is 2. The lowest BCUT2D eigenvalue weighted by molar-refractivity contribution is 0.487. The third kappa shape index (κ3) is 4.90. The van der Waals surface area contributed by atoms with Gasteiger partial charge in [-0.3, -0.25) is 0 Å². The van der Waals surface area contributed by atoms with Crippen molar-refractivity contribution in [2.45, 2.75) is 0 Å². The van der Waals surface area contributed by atoms with E-state index in [0.717, 1.165) is 176 Å². The van der Waals surface area contributed by atoms with E-state index in [-0.39, 0.29) is 13.4 Å². The van der Waals surface area contributed by atoms with Gasteiger partial charge in [0.1, 0.15) is 45.3 Å². The quantitative estimate of drug-likeness (QED) is 0.159.